The van der Waals surface area contributed by atoms with Crippen molar-refractivity contribution in [3.63, 3.8) is 0 Å². The minimum absolute atomic E-state index is 0.00905. The van der Waals surface area contributed by atoms with Gasteiger partial charge in [-0.15, -0.1) is 10.2 Å². The van der Waals surface area contributed by atoms with E-state index in [0.717, 1.165) is 31.6 Å². The van der Waals surface area contributed by atoms with E-state index in [9.17, 15) is 4.79 Å². The SMILES string of the molecule is CC(Sc1nnc(-c2ccncc2)o1)C(=O)NC1CCN(Cc2ccccc2)C1. The monoisotopic (exact) mass is 409 g/mol. The number of thioether (sulfide) groups is 1. The van der Waals surface area contributed by atoms with Gasteiger partial charge in [-0.25, -0.2) is 0 Å². The van der Waals surface area contributed by atoms with E-state index < -0.39 is 0 Å². The summed E-state index contributed by atoms with van der Waals surface area (Å²) in [7, 11) is 0. The lowest BCUT2D eigenvalue weighted by Crippen LogP contribution is -2.40. The summed E-state index contributed by atoms with van der Waals surface area (Å²) in [5.41, 5.74) is 2.10. The number of pyridine rings is 1. The van der Waals surface area contributed by atoms with Crippen LogP contribution in [0.15, 0.2) is 64.5 Å². The van der Waals surface area contributed by atoms with Gasteiger partial charge in [-0.1, -0.05) is 42.1 Å². The first-order chi connectivity index (χ1) is 14.2. The highest BCUT2D eigenvalue weighted by Gasteiger charge is 2.26. The molecule has 150 valence electrons. The molecule has 2 aromatic heterocycles. The highest BCUT2D eigenvalue weighted by molar-refractivity contribution is 8.00. The first-order valence-corrected chi connectivity index (χ1v) is 10.5. The van der Waals surface area contributed by atoms with E-state index in [1.807, 2.05) is 13.0 Å². The molecule has 0 aliphatic carbocycles. The number of carbonyl (C=O) groups is 1. The molecule has 2 unspecified atom stereocenters. The average molecular weight is 410 g/mol. The highest BCUT2D eigenvalue weighted by atomic mass is 32.2. The van der Waals surface area contributed by atoms with Gasteiger partial charge in [0.25, 0.3) is 5.22 Å². The maximum Gasteiger partial charge on any atom is 0.277 e. The summed E-state index contributed by atoms with van der Waals surface area (Å²) in [5.74, 6) is 0.417. The molecule has 2 atom stereocenters. The van der Waals surface area contributed by atoms with Crippen LogP contribution in [-0.2, 0) is 11.3 Å². The summed E-state index contributed by atoms with van der Waals surface area (Å²) >= 11 is 1.27. The minimum atomic E-state index is -0.316. The van der Waals surface area contributed by atoms with E-state index in [2.05, 4.69) is 49.7 Å². The molecule has 1 aromatic carbocycles. The van der Waals surface area contributed by atoms with Gasteiger partial charge in [0.15, 0.2) is 0 Å². The molecule has 0 spiro atoms. The van der Waals surface area contributed by atoms with Crippen molar-refractivity contribution < 1.29 is 9.21 Å². The van der Waals surface area contributed by atoms with Gasteiger partial charge < -0.3 is 9.73 Å². The van der Waals surface area contributed by atoms with Gasteiger partial charge in [0.2, 0.25) is 11.8 Å². The molecule has 8 heteroatoms. The number of amides is 1. The van der Waals surface area contributed by atoms with Crippen LogP contribution in [0.1, 0.15) is 18.9 Å². The second-order valence-corrected chi connectivity index (χ2v) is 8.38. The van der Waals surface area contributed by atoms with Crippen LogP contribution in [-0.4, -0.2) is 50.4 Å². The van der Waals surface area contributed by atoms with Crippen LogP contribution >= 0.6 is 11.8 Å². The number of nitrogens with zero attached hydrogens (tertiary/aromatic N) is 4. The zero-order chi connectivity index (χ0) is 20.1. The molecule has 4 rings (SSSR count). The predicted octanol–water partition coefficient (Wildman–Crippen LogP) is 3.00. The normalized spacial score (nSPS) is 17.9. The van der Waals surface area contributed by atoms with E-state index in [4.69, 9.17) is 4.42 Å². The van der Waals surface area contributed by atoms with E-state index in [-0.39, 0.29) is 17.2 Å². The summed E-state index contributed by atoms with van der Waals surface area (Å²) in [6.45, 7) is 4.62. The van der Waals surface area contributed by atoms with Crippen molar-refractivity contribution in [2.75, 3.05) is 13.1 Å². The van der Waals surface area contributed by atoms with Crippen molar-refractivity contribution in [3.8, 4) is 11.5 Å². The second kappa shape index (κ2) is 9.19. The Kier molecular flexibility index (Phi) is 6.21. The van der Waals surface area contributed by atoms with Gasteiger partial charge in [-0.3, -0.25) is 14.7 Å². The Morgan fingerprint density at radius 3 is 2.83 bits per heavy atom. The number of aromatic nitrogens is 3. The standard InChI is InChI=1S/C21H23N5O2S/c1-15(29-21-25-24-20(28-21)17-7-10-22-11-8-17)19(27)23-18-9-12-26(14-18)13-16-5-3-2-4-6-16/h2-8,10-11,15,18H,9,12-14H2,1H3,(H,23,27). The molecule has 1 aliphatic rings. The topological polar surface area (TPSA) is 84.1 Å². The quantitative estimate of drug-likeness (QED) is 0.601. The van der Waals surface area contributed by atoms with Crippen LogP contribution in [0, 0.1) is 0 Å². The van der Waals surface area contributed by atoms with E-state index >= 15 is 0 Å². The summed E-state index contributed by atoms with van der Waals surface area (Å²) in [4.78, 5) is 18.9. The van der Waals surface area contributed by atoms with Gasteiger partial charge in [0, 0.05) is 43.6 Å². The van der Waals surface area contributed by atoms with Crippen LogP contribution in [0.3, 0.4) is 0 Å². The summed E-state index contributed by atoms with van der Waals surface area (Å²) in [6, 6.07) is 14.2. The molecule has 1 fully saturated rings. The fraction of sp³-hybridized carbons (Fsp3) is 0.333. The van der Waals surface area contributed by atoms with Crippen LogP contribution in [0.4, 0.5) is 0 Å². The second-order valence-electron chi connectivity index (χ2n) is 7.08. The first kappa shape index (κ1) is 19.6. The molecule has 3 aromatic rings. The number of hydrogen-bond donors (Lipinski definition) is 1. The molecular weight excluding hydrogens is 386 g/mol. The summed E-state index contributed by atoms with van der Waals surface area (Å²) in [5, 5.41) is 11.3. The Bertz CT molecular complexity index is 935. The molecule has 7 nitrogen and oxygen atoms in total. The number of nitrogens with one attached hydrogen (secondary N) is 1. The van der Waals surface area contributed by atoms with Crippen molar-refractivity contribution in [2.45, 2.75) is 36.4 Å². The van der Waals surface area contributed by atoms with Crippen molar-refractivity contribution >= 4 is 17.7 Å². The minimum Gasteiger partial charge on any atom is -0.411 e. The Hall–Kier alpha value is -2.71. The largest absolute Gasteiger partial charge is 0.411 e. The number of benzene rings is 1. The Labute approximate surface area is 173 Å². The van der Waals surface area contributed by atoms with Crippen molar-refractivity contribution in [3.05, 3.63) is 60.4 Å². The molecule has 1 amide bonds. The van der Waals surface area contributed by atoms with Gasteiger partial charge in [-0.05, 0) is 31.0 Å². The van der Waals surface area contributed by atoms with E-state index in [1.54, 1.807) is 24.5 Å². The summed E-state index contributed by atoms with van der Waals surface area (Å²) < 4.78 is 5.67. The lowest BCUT2D eigenvalue weighted by Gasteiger charge is -2.18. The number of hydrogen-bond acceptors (Lipinski definition) is 7. The van der Waals surface area contributed by atoms with Crippen LogP contribution in [0.5, 0.6) is 0 Å². The van der Waals surface area contributed by atoms with E-state index in [1.165, 1.54) is 17.3 Å². The van der Waals surface area contributed by atoms with Gasteiger partial charge in [0.1, 0.15) is 0 Å². The lowest BCUT2D eigenvalue weighted by atomic mass is 10.2. The van der Waals surface area contributed by atoms with Crippen LogP contribution in [0.25, 0.3) is 11.5 Å². The third kappa shape index (κ3) is 5.21. The first-order valence-electron chi connectivity index (χ1n) is 9.64. The molecule has 0 bridgehead atoms. The maximum absolute atomic E-state index is 12.6. The smallest absolute Gasteiger partial charge is 0.277 e. The van der Waals surface area contributed by atoms with Gasteiger partial charge >= 0.3 is 0 Å². The lowest BCUT2D eigenvalue weighted by molar-refractivity contribution is -0.120. The summed E-state index contributed by atoms with van der Waals surface area (Å²) in [6.07, 6.45) is 4.30. The van der Waals surface area contributed by atoms with Crippen molar-refractivity contribution in [1.29, 1.82) is 0 Å². The fourth-order valence-corrected chi connectivity index (χ4v) is 4.02. The van der Waals surface area contributed by atoms with Gasteiger partial charge in [-0.2, -0.15) is 0 Å². The van der Waals surface area contributed by atoms with Crippen molar-refractivity contribution in [2.24, 2.45) is 0 Å². The molecule has 0 saturated carbocycles. The number of rotatable bonds is 7. The molecule has 0 radical (unpaired) electrons. The molecule has 29 heavy (non-hydrogen) atoms. The van der Waals surface area contributed by atoms with E-state index in [0.29, 0.717) is 11.1 Å². The third-order valence-electron chi connectivity index (χ3n) is 4.85. The van der Waals surface area contributed by atoms with Crippen molar-refractivity contribution in [1.82, 2.24) is 25.4 Å². The highest BCUT2D eigenvalue weighted by Crippen LogP contribution is 2.26. The Morgan fingerprint density at radius 1 is 1.24 bits per heavy atom. The van der Waals surface area contributed by atoms with Crippen LogP contribution < -0.4 is 5.32 Å². The Morgan fingerprint density at radius 2 is 2.03 bits per heavy atom. The molecule has 1 N–H and O–H groups in total. The third-order valence-corrected chi connectivity index (χ3v) is 5.78. The zero-order valence-electron chi connectivity index (χ0n) is 16.2. The molecule has 1 saturated heterocycles. The predicted molar refractivity (Wildman–Crippen MR) is 111 cm³/mol. The number of likely N-dealkylation sites (tertiary alicyclic amines) is 1. The van der Waals surface area contributed by atoms with Crippen LogP contribution in [0.2, 0.25) is 0 Å². The molecule has 3 heterocycles. The maximum atomic E-state index is 12.6. The average Bonchev–Trinajstić information content (AvgIpc) is 3.39. The Balaban J connectivity index is 1.26. The molecule has 1 aliphatic heterocycles. The zero-order valence-corrected chi connectivity index (χ0v) is 17.0. The molecular formula is C21H23N5O2S. The van der Waals surface area contributed by atoms with Gasteiger partial charge in [0.05, 0.1) is 5.25 Å². The number of carbonyl (C=O) groups excluding carboxylic acids is 1. The fourth-order valence-electron chi connectivity index (χ4n) is 3.33.